The first kappa shape index (κ1) is 13.1. The van der Waals surface area contributed by atoms with Gasteiger partial charge in [-0.15, -0.1) is 11.3 Å². The summed E-state index contributed by atoms with van der Waals surface area (Å²) in [6.07, 6.45) is 1.73. The van der Waals surface area contributed by atoms with Crippen LogP contribution in [0.4, 0.5) is 0 Å². The fourth-order valence-electron chi connectivity index (χ4n) is 1.08. The van der Waals surface area contributed by atoms with Gasteiger partial charge < -0.3 is 10.1 Å². The number of thiazole rings is 1. The second kappa shape index (κ2) is 5.41. The number of carbonyl (C=O) groups excluding carboxylic acids is 1. The number of nitrogens with zero attached hydrogens (tertiary/aromatic N) is 1. The molecule has 1 N–H and O–H groups in total. The van der Waals surface area contributed by atoms with Gasteiger partial charge >= 0.3 is 0 Å². The molecule has 1 unspecified atom stereocenters. The van der Waals surface area contributed by atoms with Crippen LogP contribution in [0.5, 0.6) is 0 Å². The van der Waals surface area contributed by atoms with Crippen LogP contribution in [-0.2, 0) is 9.53 Å². The summed E-state index contributed by atoms with van der Waals surface area (Å²) in [6, 6.07) is -0.0592. The maximum Gasteiger partial charge on any atom is 0.246 e. The molecular formula is C11H18N2O2S. The lowest BCUT2D eigenvalue weighted by molar-refractivity contribution is -0.131. The largest absolute Gasteiger partial charge is 0.366 e. The van der Waals surface area contributed by atoms with Crippen LogP contribution in [0.3, 0.4) is 0 Å². The Kier molecular flexibility index (Phi) is 4.44. The Morgan fingerprint density at radius 2 is 2.31 bits per heavy atom. The van der Waals surface area contributed by atoms with Crippen molar-refractivity contribution in [2.75, 3.05) is 6.61 Å². The Morgan fingerprint density at radius 3 is 2.81 bits per heavy atom. The van der Waals surface area contributed by atoms with E-state index >= 15 is 0 Å². The first-order chi connectivity index (χ1) is 7.38. The van der Waals surface area contributed by atoms with Crippen LogP contribution in [0.2, 0.25) is 0 Å². The van der Waals surface area contributed by atoms with E-state index in [9.17, 15) is 4.79 Å². The number of aromatic nitrogens is 1. The third-order valence-corrected chi connectivity index (χ3v) is 2.79. The molecule has 0 fully saturated rings. The molecule has 1 aromatic rings. The zero-order chi connectivity index (χ0) is 12.2. The third-order valence-electron chi connectivity index (χ3n) is 1.84. The Bertz CT molecular complexity index is 330. The maximum absolute atomic E-state index is 11.5. The molecule has 0 saturated carbocycles. The first-order valence-electron chi connectivity index (χ1n) is 5.21. The van der Waals surface area contributed by atoms with Crippen molar-refractivity contribution in [2.24, 2.45) is 0 Å². The fourth-order valence-corrected chi connectivity index (χ4v) is 1.72. The second-order valence-electron chi connectivity index (χ2n) is 4.56. The first-order valence-corrected chi connectivity index (χ1v) is 6.09. The van der Waals surface area contributed by atoms with Crippen molar-refractivity contribution in [1.82, 2.24) is 10.3 Å². The lowest BCUT2D eigenvalue weighted by atomic mass is 10.2. The third kappa shape index (κ3) is 4.72. The van der Waals surface area contributed by atoms with Crippen molar-refractivity contribution in [1.29, 1.82) is 0 Å². The fraction of sp³-hybridized carbons (Fsp3) is 0.636. The van der Waals surface area contributed by atoms with E-state index in [0.717, 1.165) is 5.01 Å². The van der Waals surface area contributed by atoms with Gasteiger partial charge in [0.25, 0.3) is 0 Å². The van der Waals surface area contributed by atoms with Crippen molar-refractivity contribution >= 4 is 17.2 Å². The van der Waals surface area contributed by atoms with E-state index in [4.69, 9.17) is 4.74 Å². The molecule has 1 rings (SSSR count). The quantitative estimate of drug-likeness (QED) is 0.880. The molecule has 1 atom stereocenters. The molecule has 1 heterocycles. The number of hydrogen-bond acceptors (Lipinski definition) is 4. The van der Waals surface area contributed by atoms with E-state index in [1.807, 2.05) is 33.1 Å². The van der Waals surface area contributed by atoms with E-state index in [1.165, 1.54) is 11.3 Å². The predicted molar refractivity (Wildman–Crippen MR) is 64.4 cm³/mol. The van der Waals surface area contributed by atoms with Crippen molar-refractivity contribution < 1.29 is 9.53 Å². The molecule has 0 aliphatic rings. The van der Waals surface area contributed by atoms with Gasteiger partial charge in [-0.25, -0.2) is 4.98 Å². The van der Waals surface area contributed by atoms with E-state index in [2.05, 4.69) is 10.3 Å². The number of carbonyl (C=O) groups is 1. The molecule has 0 bridgehead atoms. The van der Waals surface area contributed by atoms with Gasteiger partial charge in [0.05, 0.1) is 11.6 Å². The van der Waals surface area contributed by atoms with E-state index in [-0.39, 0.29) is 24.2 Å². The van der Waals surface area contributed by atoms with Crippen LogP contribution in [0, 0.1) is 0 Å². The highest BCUT2D eigenvalue weighted by molar-refractivity contribution is 7.09. The predicted octanol–water partition coefficient (Wildman–Crippen LogP) is 2.14. The monoisotopic (exact) mass is 242 g/mol. The van der Waals surface area contributed by atoms with Gasteiger partial charge in [0.2, 0.25) is 5.91 Å². The van der Waals surface area contributed by atoms with Crippen LogP contribution in [0.1, 0.15) is 38.7 Å². The van der Waals surface area contributed by atoms with Gasteiger partial charge in [0, 0.05) is 11.6 Å². The second-order valence-corrected chi connectivity index (χ2v) is 5.49. The van der Waals surface area contributed by atoms with Crippen molar-refractivity contribution in [2.45, 2.75) is 39.3 Å². The zero-order valence-electron chi connectivity index (χ0n) is 10.1. The summed E-state index contributed by atoms with van der Waals surface area (Å²) >= 11 is 1.53. The molecular weight excluding hydrogens is 224 g/mol. The Hall–Kier alpha value is -0.940. The molecule has 90 valence electrons. The normalized spacial score (nSPS) is 13.5. The Balaban J connectivity index is 2.35. The van der Waals surface area contributed by atoms with Crippen molar-refractivity contribution in [3.63, 3.8) is 0 Å². The van der Waals surface area contributed by atoms with Crippen LogP contribution in [0.15, 0.2) is 11.6 Å². The van der Waals surface area contributed by atoms with Gasteiger partial charge in [-0.2, -0.15) is 0 Å². The zero-order valence-corrected chi connectivity index (χ0v) is 10.9. The summed E-state index contributed by atoms with van der Waals surface area (Å²) < 4.78 is 5.38. The van der Waals surface area contributed by atoms with Crippen molar-refractivity contribution in [3.05, 3.63) is 16.6 Å². The molecule has 0 aliphatic heterocycles. The SMILES string of the molecule is CC(NC(=O)COC(C)(C)C)c1nccs1. The van der Waals surface area contributed by atoms with Crippen LogP contribution in [0.25, 0.3) is 0 Å². The summed E-state index contributed by atoms with van der Waals surface area (Å²) in [7, 11) is 0. The van der Waals surface area contributed by atoms with E-state index < -0.39 is 0 Å². The van der Waals surface area contributed by atoms with Crippen LogP contribution < -0.4 is 5.32 Å². The highest BCUT2D eigenvalue weighted by Crippen LogP contribution is 2.14. The molecule has 16 heavy (non-hydrogen) atoms. The van der Waals surface area contributed by atoms with Gasteiger partial charge in [0.15, 0.2) is 0 Å². The molecule has 0 saturated heterocycles. The smallest absolute Gasteiger partial charge is 0.246 e. The minimum absolute atomic E-state index is 0.0592. The number of hydrogen-bond donors (Lipinski definition) is 1. The molecule has 0 aliphatic carbocycles. The lowest BCUT2D eigenvalue weighted by Crippen LogP contribution is -2.33. The highest BCUT2D eigenvalue weighted by atomic mass is 32.1. The van der Waals surface area contributed by atoms with Gasteiger partial charge in [-0.3, -0.25) is 4.79 Å². The Morgan fingerprint density at radius 1 is 1.62 bits per heavy atom. The van der Waals surface area contributed by atoms with E-state index in [0.29, 0.717) is 0 Å². The Labute approximate surface area is 100 Å². The number of amides is 1. The summed E-state index contributed by atoms with van der Waals surface area (Å²) in [5, 5.41) is 5.64. The molecule has 0 aromatic carbocycles. The molecule has 0 radical (unpaired) electrons. The summed E-state index contributed by atoms with van der Waals surface area (Å²) in [4.78, 5) is 15.7. The van der Waals surface area contributed by atoms with E-state index in [1.54, 1.807) is 6.20 Å². The van der Waals surface area contributed by atoms with Crippen LogP contribution >= 0.6 is 11.3 Å². The molecule has 1 aromatic heterocycles. The number of nitrogens with one attached hydrogen (secondary N) is 1. The number of rotatable bonds is 4. The maximum atomic E-state index is 11.5. The van der Waals surface area contributed by atoms with Gasteiger partial charge in [-0.05, 0) is 27.7 Å². The average Bonchev–Trinajstić information content (AvgIpc) is 2.66. The summed E-state index contributed by atoms with van der Waals surface area (Å²) in [6.45, 7) is 7.76. The van der Waals surface area contributed by atoms with Crippen molar-refractivity contribution in [3.8, 4) is 0 Å². The molecule has 4 nitrogen and oxygen atoms in total. The topological polar surface area (TPSA) is 51.2 Å². The molecule has 1 amide bonds. The summed E-state index contributed by atoms with van der Waals surface area (Å²) in [5.74, 6) is -0.113. The summed E-state index contributed by atoms with van der Waals surface area (Å²) in [5.41, 5.74) is -0.290. The minimum atomic E-state index is -0.290. The molecule has 0 spiro atoms. The molecule has 5 heteroatoms. The standard InChI is InChI=1S/C11H18N2O2S/c1-8(10-12-5-6-16-10)13-9(14)7-15-11(2,3)4/h5-6,8H,7H2,1-4H3,(H,13,14). The van der Waals surface area contributed by atoms with Crippen LogP contribution in [-0.4, -0.2) is 23.1 Å². The lowest BCUT2D eigenvalue weighted by Gasteiger charge is -2.20. The van der Waals surface area contributed by atoms with Gasteiger partial charge in [-0.1, -0.05) is 0 Å². The highest BCUT2D eigenvalue weighted by Gasteiger charge is 2.15. The minimum Gasteiger partial charge on any atom is -0.366 e. The average molecular weight is 242 g/mol. The number of ether oxygens (including phenoxy) is 1. The van der Waals surface area contributed by atoms with Gasteiger partial charge in [0.1, 0.15) is 11.6 Å².